The summed E-state index contributed by atoms with van der Waals surface area (Å²) in [7, 11) is 1.86. The van der Waals surface area contributed by atoms with Crippen LogP contribution in [0.15, 0.2) is 53.2 Å². The van der Waals surface area contributed by atoms with E-state index < -0.39 is 0 Å². The number of carbonyl (C=O) groups excluding carboxylic acids is 1. The third-order valence-corrected chi connectivity index (χ3v) is 6.73. The lowest BCUT2D eigenvalue weighted by Crippen LogP contribution is -2.45. The zero-order valence-electron chi connectivity index (χ0n) is 24.0. The number of anilines is 1. The largest absolute Gasteiger partial charge is 0.390 e. The van der Waals surface area contributed by atoms with Crippen molar-refractivity contribution in [3.63, 3.8) is 0 Å². The van der Waals surface area contributed by atoms with Crippen LogP contribution in [0, 0.1) is 13.8 Å². The Kier molecular flexibility index (Phi) is 10.7. The number of nitrogens with one attached hydrogen (secondary N) is 2. The zero-order valence-corrected chi connectivity index (χ0v) is 24.0. The first kappa shape index (κ1) is 29.2. The summed E-state index contributed by atoms with van der Waals surface area (Å²) in [5.41, 5.74) is 6.36. The fourth-order valence-electron chi connectivity index (χ4n) is 4.49. The van der Waals surface area contributed by atoms with Gasteiger partial charge in [-0.05, 0) is 62.7 Å². The fourth-order valence-corrected chi connectivity index (χ4v) is 4.49. The molecule has 206 valence electrons. The van der Waals surface area contributed by atoms with Crippen molar-refractivity contribution in [3.8, 4) is 0 Å². The lowest BCUT2D eigenvalue weighted by Gasteiger charge is -2.31. The minimum Gasteiger partial charge on any atom is -0.390 e. The molecular formula is C30H44N6O2. The number of rotatable bonds is 10. The van der Waals surface area contributed by atoms with Crippen LogP contribution in [-0.4, -0.2) is 60.4 Å². The van der Waals surface area contributed by atoms with Gasteiger partial charge in [-0.1, -0.05) is 49.3 Å². The highest BCUT2D eigenvalue weighted by atomic mass is 16.5. The second-order valence-corrected chi connectivity index (χ2v) is 9.99. The number of allylic oxidation sites excluding steroid dienone is 1. The third-order valence-electron chi connectivity index (χ3n) is 6.73. The molecule has 8 heteroatoms. The van der Waals surface area contributed by atoms with E-state index in [9.17, 15) is 4.79 Å². The van der Waals surface area contributed by atoms with E-state index in [1.54, 1.807) is 5.01 Å². The van der Waals surface area contributed by atoms with Gasteiger partial charge in [0, 0.05) is 56.9 Å². The van der Waals surface area contributed by atoms with Crippen molar-refractivity contribution in [2.24, 2.45) is 0 Å². The Labute approximate surface area is 227 Å². The summed E-state index contributed by atoms with van der Waals surface area (Å²) in [5.74, 6) is 0.0798. The number of benzene rings is 2. The van der Waals surface area contributed by atoms with Gasteiger partial charge in [-0.15, -0.1) is 0 Å². The standard InChI is InChI=1S/C22H26N4O2.C8H18N2/c1-5-25(20-11-19-16(3)23-28-21(19)10-15(20)2)14-22(27)24(4)26-12-17-8-6-7-9-18(17)13-26;1-4-5-9-6-7-10-8(2)3/h6-11H,5,12-14H2,1-4H3;4-5,8-10H,6-7H2,1-3H3. The van der Waals surface area contributed by atoms with Gasteiger partial charge < -0.3 is 20.1 Å². The predicted molar refractivity (Wildman–Crippen MR) is 156 cm³/mol. The van der Waals surface area contributed by atoms with Crippen molar-refractivity contribution in [1.82, 2.24) is 25.8 Å². The molecule has 0 bridgehead atoms. The van der Waals surface area contributed by atoms with Crippen LogP contribution in [0.25, 0.3) is 11.0 Å². The molecule has 0 spiro atoms. The molecule has 2 heterocycles. The number of hydrogen-bond acceptors (Lipinski definition) is 7. The number of aromatic nitrogens is 1. The van der Waals surface area contributed by atoms with Gasteiger partial charge in [0.05, 0.1) is 12.2 Å². The van der Waals surface area contributed by atoms with Crippen LogP contribution < -0.4 is 15.5 Å². The second kappa shape index (κ2) is 14.0. The number of fused-ring (bicyclic) bond motifs is 2. The molecule has 1 aromatic heterocycles. The van der Waals surface area contributed by atoms with Crippen molar-refractivity contribution in [2.45, 2.75) is 60.7 Å². The molecule has 38 heavy (non-hydrogen) atoms. The molecule has 0 saturated heterocycles. The van der Waals surface area contributed by atoms with Crippen LogP contribution >= 0.6 is 0 Å². The topological polar surface area (TPSA) is 76.9 Å². The Morgan fingerprint density at radius 2 is 1.84 bits per heavy atom. The molecule has 1 aliphatic heterocycles. The van der Waals surface area contributed by atoms with Crippen molar-refractivity contribution < 1.29 is 9.32 Å². The summed E-state index contributed by atoms with van der Waals surface area (Å²) < 4.78 is 5.37. The van der Waals surface area contributed by atoms with Gasteiger partial charge in [-0.2, -0.15) is 0 Å². The highest BCUT2D eigenvalue weighted by molar-refractivity contribution is 5.87. The van der Waals surface area contributed by atoms with Gasteiger partial charge in [0.15, 0.2) is 5.58 Å². The zero-order chi connectivity index (χ0) is 27.7. The Hall–Kier alpha value is -3.36. The minimum atomic E-state index is 0.0798. The number of aryl methyl sites for hydroxylation is 2. The van der Waals surface area contributed by atoms with Gasteiger partial charge in [0.1, 0.15) is 0 Å². The molecule has 0 fully saturated rings. The van der Waals surface area contributed by atoms with Crippen molar-refractivity contribution in [2.75, 3.05) is 38.1 Å². The summed E-state index contributed by atoms with van der Waals surface area (Å²) in [4.78, 5) is 15.1. The minimum absolute atomic E-state index is 0.0798. The quantitative estimate of drug-likeness (QED) is 0.373. The van der Waals surface area contributed by atoms with Crippen LogP contribution in [0.3, 0.4) is 0 Å². The van der Waals surface area contributed by atoms with Gasteiger partial charge in [0.2, 0.25) is 0 Å². The molecule has 1 aliphatic rings. The van der Waals surface area contributed by atoms with Gasteiger partial charge in [-0.3, -0.25) is 9.80 Å². The first-order chi connectivity index (χ1) is 18.2. The average Bonchev–Trinajstić information content (AvgIpc) is 3.49. The SMILES string of the molecule is CC=CNCCNC(C)C.CCN(CC(=O)N(C)N1Cc2ccccc2C1)c1cc2c(C)noc2cc1C. The molecular weight excluding hydrogens is 476 g/mol. The number of nitrogens with zero attached hydrogens (tertiary/aromatic N) is 4. The van der Waals surface area contributed by atoms with E-state index in [-0.39, 0.29) is 5.91 Å². The normalized spacial score (nSPS) is 13.1. The van der Waals surface area contributed by atoms with Crippen LogP contribution in [0.1, 0.15) is 50.1 Å². The second-order valence-electron chi connectivity index (χ2n) is 9.99. The molecule has 0 saturated carbocycles. The van der Waals surface area contributed by atoms with E-state index in [2.05, 4.69) is 76.8 Å². The number of carbonyl (C=O) groups is 1. The molecule has 4 rings (SSSR count). The summed E-state index contributed by atoms with van der Waals surface area (Å²) in [6, 6.07) is 13.0. The van der Waals surface area contributed by atoms with E-state index >= 15 is 0 Å². The Morgan fingerprint density at radius 1 is 1.16 bits per heavy atom. The predicted octanol–water partition coefficient (Wildman–Crippen LogP) is 4.77. The van der Waals surface area contributed by atoms with Crippen LogP contribution in [0.5, 0.6) is 0 Å². The van der Waals surface area contributed by atoms with E-state index in [1.165, 1.54) is 11.1 Å². The van der Waals surface area contributed by atoms with Gasteiger partial charge in [0.25, 0.3) is 5.91 Å². The Morgan fingerprint density at radius 3 is 2.45 bits per heavy atom. The first-order valence-electron chi connectivity index (χ1n) is 13.5. The average molecular weight is 521 g/mol. The smallest absolute Gasteiger partial charge is 0.256 e. The maximum Gasteiger partial charge on any atom is 0.256 e. The molecule has 3 aromatic rings. The van der Waals surface area contributed by atoms with Crippen molar-refractivity contribution in [3.05, 3.63) is 71.1 Å². The molecule has 0 unspecified atom stereocenters. The maximum absolute atomic E-state index is 13.0. The fraction of sp³-hybridized carbons (Fsp3) is 0.467. The van der Waals surface area contributed by atoms with Crippen molar-refractivity contribution in [1.29, 1.82) is 0 Å². The van der Waals surface area contributed by atoms with Crippen LogP contribution in [0.2, 0.25) is 0 Å². The molecule has 8 nitrogen and oxygen atoms in total. The highest BCUT2D eigenvalue weighted by Gasteiger charge is 2.26. The van der Waals surface area contributed by atoms with Gasteiger partial charge in [-0.25, -0.2) is 5.01 Å². The van der Waals surface area contributed by atoms with E-state index in [1.807, 2.05) is 46.2 Å². The number of hydrazine groups is 1. The van der Waals surface area contributed by atoms with E-state index in [0.717, 1.165) is 60.6 Å². The summed E-state index contributed by atoms with van der Waals surface area (Å²) in [6.07, 6.45) is 3.96. The monoisotopic (exact) mass is 520 g/mol. The summed E-state index contributed by atoms with van der Waals surface area (Å²) in [6.45, 7) is 17.0. The van der Waals surface area contributed by atoms with Crippen LogP contribution in [0.4, 0.5) is 5.69 Å². The van der Waals surface area contributed by atoms with Crippen LogP contribution in [-0.2, 0) is 17.9 Å². The van der Waals surface area contributed by atoms with Crippen molar-refractivity contribution >= 4 is 22.6 Å². The third kappa shape index (κ3) is 7.58. The maximum atomic E-state index is 13.0. The highest BCUT2D eigenvalue weighted by Crippen LogP contribution is 2.29. The summed E-state index contributed by atoms with van der Waals surface area (Å²) in [5, 5.41) is 15.4. The number of amides is 1. The molecule has 2 aromatic carbocycles. The molecule has 0 atom stereocenters. The molecule has 0 radical (unpaired) electrons. The number of hydrogen-bond donors (Lipinski definition) is 2. The molecule has 1 amide bonds. The van der Waals surface area contributed by atoms with E-state index in [0.29, 0.717) is 12.6 Å². The van der Waals surface area contributed by atoms with E-state index in [4.69, 9.17) is 4.52 Å². The molecule has 2 N–H and O–H groups in total. The summed E-state index contributed by atoms with van der Waals surface area (Å²) >= 11 is 0. The Balaban J connectivity index is 0.000000342. The molecule has 0 aliphatic carbocycles. The number of likely N-dealkylation sites (N-methyl/N-ethyl adjacent to an activating group) is 2. The lowest BCUT2D eigenvalue weighted by atomic mass is 10.1. The lowest BCUT2D eigenvalue weighted by molar-refractivity contribution is -0.145. The van der Waals surface area contributed by atoms with Gasteiger partial charge >= 0.3 is 0 Å². The Bertz CT molecular complexity index is 1190. The first-order valence-corrected chi connectivity index (χ1v) is 13.5.